The normalized spacial score (nSPS) is 33.0. The van der Waals surface area contributed by atoms with Crippen molar-refractivity contribution in [2.45, 2.75) is 150 Å². The van der Waals surface area contributed by atoms with Crippen molar-refractivity contribution in [1.82, 2.24) is 0 Å². The Bertz CT molecular complexity index is 1430. The third kappa shape index (κ3) is 7.68. The van der Waals surface area contributed by atoms with Gasteiger partial charge in [0.25, 0.3) is 0 Å². The minimum absolute atomic E-state index is 0.0842. The highest BCUT2D eigenvalue weighted by molar-refractivity contribution is 6.83. The maximum Gasteiger partial charge on any atom is 0.224 e. The van der Waals surface area contributed by atoms with Gasteiger partial charge in [0.15, 0.2) is 8.32 Å². The molecule has 0 bridgehead atoms. The Kier molecular flexibility index (Phi) is 10.2. The Balaban J connectivity index is 1.20. The van der Waals surface area contributed by atoms with E-state index in [1.807, 2.05) is 18.2 Å². The number of carbonyl (C=O) groups is 1. The lowest BCUT2D eigenvalue weighted by Crippen LogP contribution is -2.52. The molecule has 1 aromatic carbocycles. The van der Waals surface area contributed by atoms with Crippen LogP contribution in [0.1, 0.15) is 111 Å². The summed E-state index contributed by atoms with van der Waals surface area (Å²) in [5.41, 5.74) is 14.3. The first-order chi connectivity index (χ1) is 21.7. The lowest BCUT2D eigenvalue weighted by Gasteiger charge is -2.59. The highest BCUT2D eigenvalue weighted by Gasteiger charge is 2.59. The zero-order chi connectivity index (χ0) is 34.6. The van der Waals surface area contributed by atoms with Crippen LogP contribution in [0.25, 0.3) is 0 Å². The molecule has 3 fully saturated rings. The van der Waals surface area contributed by atoms with Crippen molar-refractivity contribution in [1.29, 1.82) is 0 Å². The zero-order valence-electron chi connectivity index (χ0n) is 31.7. The summed E-state index contributed by atoms with van der Waals surface area (Å²) in [5.74, 6) is 7.03. The van der Waals surface area contributed by atoms with Crippen LogP contribution in [0.2, 0.25) is 37.8 Å². The molecule has 0 saturated heterocycles. The highest BCUT2D eigenvalue weighted by Crippen LogP contribution is 2.67. The molecular formula is C41H66N2O2Si2. The van der Waals surface area contributed by atoms with Crippen molar-refractivity contribution in [3.05, 3.63) is 35.4 Å². The number of fused-ring (bicyclic) bond motifs is 5. The Hall–Kier alpha value is -1.82. The fourth-order valence-electron chi connectivity index (χ4n) is 10.1. The van der Waals surface area contributed by atoms with Crippen LogP contribution in [0.3, 0.4) is 0 Å². The number of hydrogen-bond acceptors (Lipinski definition) is 3. The number of rotatable bonds is 7. The molecule has 4 nitrogen and oxygen atoms in total. The van der Waals surface area contributed by atoms with Crippen LogP contribution in [-0.2, 0) is 9.22 Å². The number of allylic oxidation sites excluding steroid dienone is 1. The Morgan fingerprint density at radius 3 is 2.45 bits per heavy atom. The quantitative estimate of drug-likeness (QED) is 0.131. The van der Waals surface area contributed by atoms with Crippen molar-refractivity contribution in [2.75, 3.05) is 11.1 Å². The van der Waals surface area contributed by atoms with Crippen LogP contribution in [0, 0.1) is 51.9 Å². The monoisotopic (exact) mass is 674 g/mol. The van der Waals surface area contributed by atoms with E-state index in [2.05, 4.69) is 97.1 Å². The summed E-state index contributed by atoms with van der Waals surface area (Å²) in [7, 11) is -3.26. The van der Waals surface area contributed by atoms with E-state index >= 15 is 0 Å². The van der Waals surface area contributed by atoms with Gasteiger partial charge in [-0.2, -0.15) is 0 Å². The predicted molar refractivity (Wildman–Crippen MR) is 205 cm³/mol. The molecule has 4 aliphatic rings. The SMILES string of the molecule is C[C@H](CCC(=O)Nc1cc(N)cc(C#C[Si](C)(C)C)c1)[C@H]1CC[C@H]2[C@@H]3CC=C4C[C@@H](O[Si](C)(C)C(C)(C)C)CC[C@]4(C)[C@H]3CC[C@]12C. The smallest absolute Gasteiger partial charge is 0.224 e. The van der Waals surface area contributed by atoms with Crippen molar-refractivity contribution < 1.29 is 9.22 Å². The number of hydrogen-bond donors (Lipinski definition) is 2. The van der Waals surface area contributed by atoms with Crippen molar-refractivity contribution >= 4 is 33.7 Å². The molecule has 1 amide bonds. The second kappa shape index (κ2) is 13.1. The van der Waals surface area contributed by atoms with Gasteiger partial charge in [-0.15, -0.1) is 5.54 Å². The van der Waals surface area contributed by atoms with E-state index < -0.39 is 16.4 Å². The molecule has 3 saturated carbocycles. The Labute approximate surface area is 290 Å². The standard InChI is InChI=1S/C41H66N2O2Si2/c1-28(12-17-38(44)43-32-25-29(24-31(42)27-32)20-23-46(7,8)9)35-15-16-36-34-14-13-30-26-33(45-47(10,11)39(2,3)4)18-21-40(30,5)37(34)19-22-41(35,36)6/h13,24-25,27-28,33-37H,12,14-19,21-22,26,42H2,1-11H3,(H,43,44)/t28-,33+,34+,35-,36+,37+,40+,41-/m1/s1. The molecule has 47 heavy (non-hydrogen) atoms. The van der Waals surface area contributed by atoms with E-state index in [9.17, 15) is 4.79 Å². The van der Waals surface area contributed by atoms with E-state index in [-0.39, 0.29) is 10.9 Å². The lowest BCUT2D eigenvalue weighted by atomic mass is 9.47. The summed E-state index contributed by atoms with van der Waals surface area (Å²) in [5, 5.41) is 3.39. The number of nitrogen functional groups attached to an aromatic ring is 1. The average Bonchev–Trinajstić information content (AvgIpc) is 3.31. The molecule has 8 atom stereocenters. The van der Waals surface area contributed by atoms with Gasteiger partial charge in [-0.05, 0) is 135 Å². The van der Waals surface area contributed by atoms with E-state index in [0.29, 0.717) is 40.9 Å². The third-order valence-electron chi connectivity index (χ3n) is 13.7. The topological polar surface area (TPSA) is 64.4 Å². The second-order valence-electron chi connectivity index (χ2n) is 19.1. The number of anilines is 2. The molecular weight excluding hydrogens is 609 g/mol. The maximum absolute atomic E-state index is 13.1. The fraction of sp³-hybridized carbons (Fsp3) is 0.732. The van der Waals surface area contributed by atoms with E-state index in [4.69, 9.17) is 10.2 Å². The summed E-state index contributed by atoms with van der Waals surface area (Å²) in [6, 6.07) is 5.71. The van der Waals surface area contributed by atoms with Crippen molar-refractivity contribution in [3.8, 4) is 11.5 Å². The first-order valence-corrected chi connectivity index (χ1v) is 25.2. The molecule has 0 spiro atoms. The molecule has 0 aromatic heterocycles. The molecule has 0 unspecified atom stereocenters. The van der Waals surface area contributed by atoms with Crippen LogP contribution < -0.4 is 11.1 Å². The molecule has 4 aliphatic carbocycles. The molecule has 0 radical (unpaired) electrons. The first kappa shape index (κ1) is 36.5. The summed E-state index contributed by atoms with van der Waals surface area (Å²) < 4.78 is 6.96. The molecule has 3 N–H and O–H groups in total. The van der Waals surface area contributed by atoms with Crippen LogP contribution >= 0.6 is 0 Å². The van der Waals surface area contributed by atoms with Gasteiger partial charge in [0, 0.05) is 29.5 Å². The number of carbonyl (C=O) groups excluding carboxylic acids is 1. The number of amides is 1. The maximum atomic E-state index is 13.1. The summed E-state index contributed by atoms with van der Waals surface area (Å²) in [4.78, 5) is 13.1. The van der Waals surface area contributed by atoms with Gasteiger partial charge in [-0.3, -0.25) is 4.79 Å². The number of nitrogens with one attached hydrogen (secondary N) is 1. The molecule has 6 heteroatoms. The average molecular weight is 675 g/mol. The minimum atomic E-state index is -1.76. The van der Waals surface area contributed by atoms with Gasteiger partial charge in [0.1, 0.15) is 8.07 Å². The second-order valence-corrected chi connectivity index (χ2v) is 28.6. The Morgan fingerprint density at radius 2 is 1.77 bits per heavy atom. The van der Waals surface area contributed by atoms with E-state index in [1.165, 1.54) is 44.9 Å². The molecule has 5 rings (SSSR count). The Morgan fingerprint density at radius 1 is 1.04 bits per heavy atom. The van der Waals surface area contributed by atoms with Gasteiger partial charge < -0.3 is 15.5 Å². The third-order valence-corrected chi connectivity index (χ3v) is 19.1. The van der Waals surface area contributed by atoms with Crippen LogP contribution in [0.4, 0.5) is 11.4 Å². The molecule has 0 aliphatic heterocycles. The first-order valence-electron chi connectivity index (χ1n) is 18.8. The van der Waals surface area contributed by atoms with Gasteiger partial charge in [0.2, 0.25) is 5.91 Å². The van der Waals surface area contributed by atoms with Crippen LogP contribution in [-0.4, -0.2) is 28.4 Å². The van der Waals surface area contributed by atoms with Gasteiger partial charge >= 0.3 is 0 Å². The van der Waals surface area contributed by atoms with Gasteiger partial charge in [0.05, 0.1) is 0 Å². The lowest BCUT2D eigenvalue weighted by molar-refractivity contribution is -0.116. The van der Waals surface area contributed by atoms with E-state index in [0.717, 1.165) is 41.8 Å². The predicted octanol–water partition coefficient (Wildman–Crippen LogP) is 10.8. The van der Waals surface area contributed by atoms with Crippen LogP contribution in [0.5, 0.6) is 0 Å². The number of benzene rings is 1. The van der Waals surface area contributed by atoms with Crippen LogP contribution in [0.15, 0.2) is 29.8 Å². The van der Waals surface area contributed by atoms with Gasteiger partial charge in [-0.25, -0.2) is 0 Å². The minimum Gasteiger partial charge on any atom is -0.414 e. The summed E-state index contributed by atoms with van der Waals surface area (Å²) in [6.45, 7) is 26.3. The zero-order valence-corrected chi connectivity index (χ0v) is 33.7. The fourth-order valence-corrected chi connectivity index (χ4v) is 12.0. The summed E-state index contributed by atoms with van der Waals surface area (Å²) in [6.07, 6.45) is 14.9. The molecule has 0 heterocycles. The van der Waals surface area contributed by atoms with E-state index in [1.54, 1.807) is 5.57 Å². The molecule has 260 valence electrons. The number of nitrogens with two attached hydrogens (primary N) is 1. The molecule has 1 aromatic rings. The van der Waals surface area contributed by atoms with Gasteiger partial charge in [-0.1, -0.05) is 78.8 Å². The highest BCUT2D eigenvalue weighted by atomic mass is 28.4. The summed E-state index contributed by atoms with van der Waals surface area (Å²) >= 11 is 0. The largest absolute Gasteiger partial charge is 0.414 e. The van der Waals surface area contributed by atoms with Crippen molar-refractivity contribution in [2.24, 2.45) is 40.4 Å². The van der Waals surface area contributed by atoms with Crippen molar-refractivity contribution in [3.63, 3.8) is 0 Å².